The Balaban J connectivity index is 5.10. The van der Waals surface area contributed by atoms with Gasteiger partial charge in [-0.3, -0.25) is 4.79 Å². The van der Waals surface area contributed by atoms with Crippen LogP contribution in [-0.2, 0) is 88.2 Å². The van der Waals surface area contributed by atoms with Crippen molar-refractivity contribution in [3.63, 3.8) is 0 Å². The molecule has 0 saturated heterocycles. The summed E-state index contributed by atoms with van der Waals surface area (Å²) in [5.74, 6) is 0.365. The third-order valence-electron chi connectivity index (χ3n) is 11.8. The Kier molecular flexibility index (Phi) is 54.7. The van der Waals surface area contributed by atoms with E-state index in [2.05, 4.69) is 13.8 Å². The first-order valence-corrected chi connectivity index (χ1v) is 30.7. The molecule has 0 amide bonds. The van der Waals surface area contributed by atoms with Crippen molar-refractivity contribution >= 4 is 23.4 Å². The average Bonchev–Trinajstić information content (AvgIpc) is 3.39. The molecule has 0 saturated carbocycles. The molecule has 2 atom stereocenters. The molecule has 0 aromatic heterocycles. The topological polar surface area (TPSA) is 183 Å². The third-order valence-corrected chi connectivity index (χ3v) is 18.8. The molecular formula is C51H106O19Si2. The maximum Gasteiger partial charge on any atom is 0.504 e. The van der Waals surface area contributed by atoms with Crippen molar-refractivity contribution in [2.24, 2.45) is 0 Å². The van der Waals surface area contributed by atoms with Crippen molar-refractivity contribution in [3.8, 4) is 0 Å². The van der Waals surface area contributed by atoms with Gasteiger partial charge in [-0.1, -0.05) is 65.2 Å². The van der Waals surface area contributed by atoms with E-state index in [9.17, 15) is 4.79 Å². The minimum Gasteiger partial charge on any atom is -0.382 e. The quantitative estimate of drug-likeness (QED) is 0.0430. The Morgan fingerprint density at radius 1 is 0.292 bits per heavy atom. The molecular weight excluding hydrogens is 973 g/mol. The van der Waals surface area contributed by atoms with Gasteiger partial charge in [0.15, 0.2) is 0 Å². The molecule has 0 aliphatic carbocycles. The van der Waals surface area contributed by atoms with Crippen LogP contribution in [0, 0.1) is 0 Å². The molecule has 0 fully saturated rings. The summed E-state index contributed by atoms with van der Waals surface area (Å²) in [4.78, 5) is 12.9. The molecule has 72 heavy (non-hydrogen) atoms. The monoisotopic (exact) mass is 1080 g/mol. The average molecular weight is 1080 g/mol. The van der Waals surface area contributed by atoms with E-state index < -0.39 is 17.6 Å². The predicted molar refractivity (Wildman–Crippen MR) is 281 cm³/mol. The fourth-order valence-corrected chi connectivity index (χ4v) is 14.0. The lowest BCUT2D eigenvalue weighted by atomic mass is 10.0. The number of rotatable bonds is 62. The van der Waals surface area contributed by atoms with E-state index in [1.54, 1.807) is 42.7 Å². The van der Waals surface area contributed by atoms with Gasteiger partial charge < -0.3 is 83.4 Å². The highest BCUT2D eigenvalue weighted by Gasteiger charge is 2.49. The first kappa shape index (κ1) is 71.4. The lowest BCUT2D eigenvalue weighted by Gasteiger charge is -2.36. The number of hydrogen-bond acceptors (Lipinski definition) is 19. The van der Waals surface area contributed by atoms with E-state index in [4.69, 9.17) is 83.4 Å². The number of carbonyl (C=O) groups is 1. The zero-order chi connectivity index (χ0) is 52.7. The number of hydrogen-bond donors (Lipinski definition) is 0. The normalized spacial score (nSPS) is 13.1. The number of ether oxygens (including phenoxy) is 12. The number of ketones is 1. The van der Waals surface area contributed by atoms with Crippen molar-refractivity contribution in [2.45, 2.75) is 128 Å². The second-order valence-electron chi connectivity index (χ2n) is 17.3. The predicted octanol–water partition coefficient (Wildman–Crippen LogP) is 7.53. The van der Waals surface area contributed by atoms with Crippen LogP contribution in [0.3, 0.4) is 0 Å². The minimum absolute atomic E-state index is 0.0995. The Labute approximate surface area is 439 Å². The van der Waals surface area contributed by atoms with Gasteiger partial charge in [0.25, 0.3) is 0 Å². The second kappa shape index (κ2) is 55.1. The Bertz CT molecular complexity index is 945. The van der Waals surface area contributed by atoms with Crippen LogP contribution in [0.1, 0.15) is 117 Å². The van der Waals surface area contributed by atoms with Gasteiger partial charge in [-0.25, -0.2) is 0 Å². The maximum atomic E-state index is 12.9. The van der Waals surface area contributed by atoms with Crippen LogP contribution < -0.4 is 0 Å². The molecule has 0 aliphatic rings. The van der Waals surface area contributed by atoms with E-state index in [-0.39, 0.29) is 11.1 Å². The van der Waals surface area contributed by atoms with Gasteiger partial charge in [0.1, 0.15) is 5.78 Å². The molecule has 0 aromatic rings. The summed E-state index contributed by atoms with van der Waals surface area (Å²) < 4.78 is 105. The van der Waals surface area contributed by atoms with Crippen LogP contribution in [0.15, 0.2) is 0 Å². The molecule has 21 heteroatoms. The summed E-state index contributed by atoms with van der Waals surface area (Å²) in [6.07, 6.45) is 15.1. The largest absolute Gasteiger partial charge is 0.504 e. The van der Waals surface area contributed by atoms with Crippen molar-refractivity contribution in [1.29, 1.82) is 0 Å². The van der Waals surface area contributed by atoms with Crippen molar-refractivity contribution in [2.75, 3.05) is 201 Å². The van der Waals surface area contributed by atoms with Gasteiger partial charge in [-0.2, -0.15) is 0 Å². The molecule has 2 unspecified atom stereocenters. The van der Waals surface area contributed by atoms with Gasteiger partial charge in [-0.05, 0) is 38.5 Å². The van der Waals surface area contributed by atoms with Crippen LogP contribution in [0.2, 0.25) is 11.1 Å². The number of carbonyl (C=O) groups excluding carboxylic acids is 1. The van der Waals surface area contributed by atoms with Crippen molar-refractivity contribution in [3.05, 3.63) is 0 Å². The molecule has 0 spiro atoms. The summed E-state index contributed by atoms with van der Waals surface area (Å²) in [5, 5.41) is 0. The summed E-state index contributed by atoms with van der Waals surface area (Å²) in [5.41, 5.74) is 0.199. The summed E-state index contributed by atoms with van der Waals surface area (Å²) in [7, 11) is 3.52. The number of methoxy groups -OCH3 is 6. The smallest absolute Gasteiger partial charge is 0.382 e. The fraction of sp³-hybridized carbons (Fsp3) is 0.980. The van der Waals surface area contributed by atoms with Crippen LogP contribution in [-0.4, -0.2) is 225 Å². The van der Waals surface area contributed by atoms with Crippen LogP contribution >= 0.6 is 0 Å². The lowest BCUT2D eigenvalue weighted by Crippen LogP contribution is -2.52. The zero-order valence-electron chi connectivity index (χ0n) is 46.7. The first-order chi connectivity index (χ1) is 35.4. The maximum absolute atomic E-state index is 12.9. The van der Waals surface area contributed by atoms with E-state index in [0.717, 1.165) is 89.9 Å². The van der Waals surface area contributed by atoms with Gasteiger partial charge >= 0.3 is 17.6 Å². The van der Waals surface area contributed by atoms with Crippen LogP contribution in [0.5, 0.6) is 0 Å². The second-order valence-corrected chi connectivity index (χ2v) is 23.1. The molecule has 19 nitrogen and oxygen atoms in total. The molecule has 0 N–H and O–H groups in total. The van der Waals surface area contributed by atoms with E-state index in [1.807, 2.05) is 0 Å². The fourth-order valence-electron chi connectivity index (χ4n) is 7.75. The highest BCUT2D eigenvalue weighted by Crippen LogP contribution is 2.36. The number of unbranched alkanes of at least 4 members (excludes halogenated alkanes) is 8. The summed E-state index contributed by atoms with van der Waals surface area (Å²) >= 11 is 0. The third kappa shape index (κ3) is 40.6. The van der Waals surface area contributed by atoms with E-state index in [1.165, 1.54) is 0 Å². The molecule has 0 aromatic carbocycles. The Hall–Kier alpha value is -0.616. The Morgan fingerprint density at radius 2 is 0.500 bits per heavy atom. The van der Waals surface area contributed by atoms with Gasteiger partial charge in [0.05, 0.1) is 159 Å². The SMILES string of the molecule is CCC(CCCCCCCC(=O)CCCCCCCC(CC)[Si](OCCOCCOC)(OCCOCCOC)OCCOCCOC)[Si](OCCOCCOC)(OCCOCCOC)OCCOCCOC. The van der Waals surface area contributed by atoms with Gasteiger partial charge in [0, 0.05) is 66.6 Å². The van der Waals surface area contributed by atoms with Crippen LogP contribution in [0.25, 0.3) is 0 Å². The highest BCUT2D eigenvalue weighted by atomic mass is 28.4. The molecule has 0 heterocycles. The minimum atomic E-state index is -3.20. The summed E-state index contributed by atoms with van der Waals surface area (Å²) in [6.45, 7) is 15.0. The zero-order valence-corrected chi connectivity index (χ0v) is 48.7. The molecule has 0 aliphatic heterocycles. The van der Waals surface area contributed by atoms with Gasteiger partial charge in [-0.15, -0.1) is 0 Å². The standard InChI is InChI=1S/C51H106O19Si2/c1-9-50(71(65-43-37-59-31-25-53-3,66-44-38-60-32-26-54-4)67-45-39-61-33-27-55-5)23-19-15-11-13-17-21-49(52)22-18-14-12-16-20-24-51(10-2)72(68-46-40-62-34-28-56-6,69-47-41-63-35-29-57-7)70-48-42-64-36-30-58-8/h50-51H,9-48H2,1-8H3. The van der Waals surface area contributed by atoms with E-state index in [0.29, 0.717) is 177 Å². The molecule has 0 rings (SSSR count). The van der Waals surface area contributed by atoms with Gasteiger partial charge in [0.2, 0.25) is 0 Å². The summed E-state index contributed by atoms with van der Waals surface area (Å²) in [6, 6.07) is 0. The lowest BCUT2D eigenvalue weighted by molar-refractivity contribution is -0.119. The molecule has 432 valence electrons. The van der Waals surface area contributed by atoms with Crippen LogP contribution in [0.4, 0.5) is 0 Å². The first-order valence-electron chi connectivity index (χ1n) is 27.1. The molecule has 0 bridgehead atoms. The Morgan fingerprint density at radius 3 is 0.722 bits per heavy atom. The number of Topliss-reactive ketones (excluding diaryl/α,β-unsaturated/α-hetero) is 1. The van der Waals surface area contributed by atoms with E-state index >= 15 is 0 Å². The van der Waals surface area contributed by atoms with Crippen molar-refractivity contribution in [1.82, 2.24) is 0 Å². The highest BCUT2D eigenvalue weighted by molar-refractivity contribution is 6.62. The van der Waals surface area contributed by atoms with Crippen molar-refractivity contribution < 1.29 is 88.2 Å². The molecule has 0 radical (unpaired) electrons.